The fourth-order valence-electron chi connectivity index (χ4n) is 2.54. The maximum atomic E-state index is 11.3. The third-order valence-electron chi connectivity index (χ3n) is 4.01. The molecule has 0 radical (unpaired) electrons. The number of nitrogens with zero attached hydrogens (tertiary/aromatic N) is 3. The first kappa shape index (κ1) is 14.5. The normalized spacial score (nSPS) is 18.9. The van der Waals surface area contributed by atoms with Crippen molar-refractivity contribution in [3.8, 4) is 0 Å². The molecule has 1 heterocycles. The van der Waals surface area contributed by atoms with Gasteiger partial charge in [0, 0.05) is 25.2 Å². The molecule has 1 saturated heterocycles. The van der Waals surface area contributed by atoms with E-state index in [4.69, 9.17) is 5.84 Å². The van der Waals surface area contributed by atoms with Crippen molar-refractivity contribution in [3.05, 3.63) is 28.3 Å². The SMILES string of the molecule is CN1CCN(c2cccc(NN)c2[N+](=O)[O-])CC1(C)C. The number of piperazine rings is 1. The van der Waals surface area contributed by atoms with E-state index >= 15 is 0 Å². The van der Waals surface area contributed by atoms with Gasteiger partial charge in [0.15, 0.2) is 0 Å². The predicted octanol–water partition coefficient (Wildman–Crippen LogP) is 1.41. The molecule has 0 saturated carbocycles. The van der Waals surface area contributed by atoms with Crippen molar-refractivity contribution >= 4 is 17.1 Å². The lowest BCUT2D eigenvalue weighted by atomic mass is 9.99. The molecule has 0 aliphatic carbocycles. The minimum absolute atomic E-state index is 0.0295. The van der Waals surface area contributed by atoms with E-state index in [9.17, 15) is 10.1 Å². The van der Waals surface area contributed by atoms with Crippen molar-refractivity contribution in [2.45, 2.75) is 19.4 Å². The van der Waals surface area contributed by atoms with E-state index in [1.54, 1.807) is 18.2 Å². The number of nitro groups is 1. The minimum Gasteiger partial charge on any atom is -0.363 e. The molecular formula is C13H21N5O2. The topological polar surface area (TPSA) is 87.7 Å². The quantitative estimate of drug-likeness (QED) is 0.494. The number of nitrogens with one attached hydrogen (secondary N) is 1. The van der Waals surface area contributed by atoms with Crippen LogP contribution in [-0.2, 0) is 0 Å². The number of benzene rings is 1. The average Bonchev–Trinajstić information content (AvgIpc) is 2.40. The van der Waals surface area contributed by atoms with E-state index in [1.165, 1.54) is 0 Å². The molecule has 3 N–H and O–H groups in total. The summed E-state index contributed by atoms with van der Waals surface area (Å²) in [6, 6.07) is 5.17. The smallest absolute Gasteiger partial charge is 0.316 e. The van der Waals surface area contributed by atoms with Gasteiger partial charge in [-0.15, -0.1) is 0 Å². The van der Waals surface area contributed by atoms with Gasteiger partial charge in [0.25, 0.3) is 0 Å². The van der Waals surface area contributed by atoms with Crippen molar-refractivity contribution in [2.75, 3.05) is 37.0 Å². The second-order valence-corrected chi connectivity index (χ2v) is 5.73. The Morgan fingerprint density at radius 2 is 2.10 bits per heavy atom. The Balaban J connectivity index is 2.41. The van der Waals surface area contributed by atoms with Gasteiger partial charge in [0.2, 0.25) is 0 Å². The first-order valence-corrected chi connectivity index (χ1v) is 6.57. The first-order valence-electron chi connectivity index (χ1n) is 6.57. The largest absolute Gasteiger partial charge is 0.363 e. The summed E-state index contributed by atoms with van der Waals surface area (Å²) in [5.41, 5.74) is 3.37. The van der Waals surface area contributed by atoms with Crippen LogP contribution in [0.1, 0.15) is 13.8 Å². The van der Waals surface area contributed by atoms with Gasteiger partial charge in [-0.1, -0.05) is 6.07 Å². The standard InChI is InChI=1S/C13H21N5O2/c1-13(2)9-17(8-7-16(13)3)11-6-4-5-10(15-14)12(11)18(19)20/h4-6,15H,7-9,14H2,1-3H3. The summed E-state index contributed by atoms with van der Waals surface area (Å²) in [4.78, 5) is 15.3. The molecule has 1 aliphatic rings. The number of nitrogen functional groups attached to an aromatic ring is 1. The van der Waals surface area contributed by atoms with Crippen molar-refractivity contribution in [1.29, 1.82) is 0 Å². The number of nitrogens with two attached hydrogens (primary N) is 1. The van der Waals surface area contributed by atoms with Gasteiger partial charge < -0.3 is 10.3 Å². The minimum atomic E-state index is -0.379. The van der Waals surface area contributed by atoms with E-state index in [2.05, 4.69) is 36.1 Å². The van der Waals surface area contributed by atoms with Gasteiger partial charge in [0.1, 0.15) is 11.4 Å². The highest BCUT2D eigenvalue weighted by Crippen LogP contribution is 2.36. The van der Waals surface area contributed by atoms with E-state index in [0.29, 0.717) is 11.4 Å². The molecule has 1 aliphatic heterocycles. The number of hydrogen-bond donors (Lipinski definition) is 2. The van der Waals surface area contributed by atoms with E-state index in [-0.39, 0.29) is 16.1 Å². The Kier molecular flexibility index (Phi) is 3.82. The summed E-state index contributed by atoms with van der Waals surface area (Å²) >= 11 is 0. The van der Waals surface area contributed by atoms with Gasteiger partial charge in [-0.05, 0) is 33.0 Å². The highest BCUT2D eigenvalue weighted by molar-refractivity contribution is 5.77. The number of likely N-dealkylation sites (N-methyl/N-ethyl adjacent to an activating group) is 1. The lowest BCUT2D eigenvalue weighted by Gasteiger charge is -2.46. The number of rotatable bonds is 3. The Bertz CT molecular complexity index is 517. The summed E-state index contributed by atoms with van der Waals surface area (Å²) in [5, 5.41) is 11.3. The number of anilines is 2. The van der Waals surface area contributed by atoms with Crippen LogP contribution in [-0.4, -0.2) is 42.0 Å². The molecule has 1 aromatic rings. The van der Waals surface area contributed by atoms with Crippen LogP contribution in [0.25, 0.3) is 0 Å². The molecule has 0 bridgehead atoms. The van der Waals surface area contributed by atoms with Gasteiger partial charge in [-0.3, -0.25) is 20.9 Å². The summed E-state index contributed by atoms with van der Waals surface area (Å²) < 4.78 is 0. The van der Waals surface area contributed by atoms with Crippen LogP contribution < -0.4 is 16.2 Å². The van der Waals surface area contributed by atoms with Crippen molar-refractivity contribution in [3.63, 3.8) is 0 Å². The second-order valence-electron chi connectivity index (χ2n) is 5.73. The van der Waals surface area contributed by atoms with E-state index in [0.717, 1.165) is 19.6 Å². The monoisotopic (exact) mass is 279 g/mol. The molecule has 0 amide bonds. The number of para-hydroxylation sites is 1. The third kappa shape index (κ3) is 2.54. The molecule has 2 rings (SSSR count). The molecule has 0 atom stereocenters. The van der Waals surface area contributed by atoms with Crippen LogP contribution in [0.2, 0.25) is 0 Å². The molecule has 0 spiro atoms. The summed E-state index contributed by atoms with van der Waals surface area (Å²) in [6.45, 7) is 6.63. The van der Waals surface area contributed by atoms with Crippen LogP contribution in [0, 0.1) is 10.1 Å². The molecule has 1 aromatic carbocycles. The van der Waals surface area contributed by atoms with Crippen LogP contribution in [0.5, 0.6) is 0 Å². The number of nitro benzene ring substituents is 1. The van der Waals surface area contributed by atoms with Gasteiger partial charge >= 0.3 is 5.69 Å². The van der Waals surface area contributed by atoms with Crippen LogP contribution in [0.15, 0.2) is 18.2 Å². The maximum absolute atomic E-state index is 11.3. The van der Waals surface area contributed by atoms with Crippen LogP contribution in [0.3, 0.4) is 0 Å². The lowest BCUT2D eigenvalue weighted by Crippen LogP contribution is -2.57. The summed E-state index contributed by atoms with van der Waals surface area (Å²) in [5.74, 6) is 5.38. The van der Waals surface area contributed by atoms with Crippen LogP contribution in [0.4, 0.5) is 17.1 Å². The molecule has 0 unspecified atom stereocenters. The fourth-order valence-corrected chi connectivity index (χ4v) is 2.54. The maximum Gasteiger partial charge on any atom is 0.316 e. The first-order chi connectivity index (χ1) is 9.36. The van der Waals surface area contributed by atoms with E-state index < -0.39 is 0 Å². The Morgan fingerprint density at radius 3 is 2.65 bits per heavy atom. The zero-order chi connectivity index (χ0) is 14.9. The van der Waals surface area contributed by atoms with Gasteiger partial charge in [0.05, 0.1) is 4.92 Å². The summed E-state index contributed by atoms with van der Waals surface area (Å²) in [7, 11) is 2.07. The molecule has 7 nitrogen and oxygen atoms in total. The molecule has 1 fully saturated rings. The molecular weight excluding hydrogens is 258 g/mol. The van der Waals surface area contributed by atoms with Crippen molar-refractivity contribution < 1.29 is 4.92 Å². The zero-order valence-electron chi connectivity index (χ0n) is 12.1. The zero-order valence-corrected chi connectivity index (χ0v) is 12.1. The fraction of sp³-hybridized carbons (Fsp3) is 0.538. The highest BCUT2D eigenvalue weighted by Gasteiger charge is 2.34. The average molecular weight is 279 g/mol. The van der Waals surface area contributed by atoms with Gasteiger partial charge in [-0.25, -0.2) is 0 Å². The van der Waals surface area contributed by atoms with Crippen molar-refractivity contribution in [1.82, 2.24) is 4.90 Å². The number of hydrogen-bond acceptors (Lipinski definition) is 6. The predicted molar refractivity (Wildman–Crippen MR) is 79.8 cm³/mol. The molecule has 7 heteroatoms. The summed E-state index contributed by atoms with van der Waals surface area (Å²) in [6.07, 6.45) is 0. The lowest BCUT2D eigenvalue weighted by molar-refractivity contribution is -0.383. The molecule has 110 valence electrons. The van der Waals surface area contributed by atoms with Crippen molar-refractivity contribution in [2.24, 2.45) is 5.84 Å². The molecule has 20 heavy (non-hydrogen) atoms. The van der Waals surface area contributed by atoms with E-state index in [1.807, 2.05) is 0 Å². The Morgan fingerprint density at radius 1 is 1.40 bits per heavy atom. The molecule has 0 aromatic heterocycles. The van der Waals surface area contributed by atoms with Crippen LogP contribution >= 0.6 is 0 Å². The number of hydrazine groups is 1. The third-order valence-corrected chi connectivity index (χ3v) is 4.01. The second kappa shape index (κ2) is 5.26. The highest BCUT2D eigenvalue weighted by atomic mass is 16.6. The Hall–Kier alpha value is -1.86. The Labute approximate surface area is 118 Å². The van der Waals surface area contributed by atoms with Gasteiger partial charge in [-0.2, -0.15) is 0 Å².